The van der Waals surface area contributed by atoms with Gasteiger partial charge in [0.1, 0.15) is 4.90 Å². The Hall–Kier alpha value is -1.14. The van der Waals surface area contributed by atoms with Crippen LogP contribution in [0.1, 0.15) is 0 Å². The Kier molecular flexibility index (Phi) is 2.84. The minimum Gasteiger partial charge on any atom is -0.228 e. The molecule has 0 radical (unpaired) electrons. The summed E-state index contributed by atoms with van der Waals surface area (Å²) in [5.41, 5.74) is 0. The van der Waals surface area contributed by atoms with Crippen LogP contribution in [0.4, 0.5) is 0 Å². The van der Waals surface area contributed by atoms with Crippen LogP contribution in [0.2, 0.25) is 5.02 Å². The van der Waals surface area contributed by atoms with Crippen LogP contribution in [-0.2, 0) is 14.4 Å². The van der Waals surface area contributed by atoms with Gasteiger partial charge in [-0.15, -0.1) is 4.91 Å². The van der Waals surface area contributed by atoms with E-state index < -0.39 is 10.1 Å². The lowest BCUT2D eigenvalue weighted by molar-refractivity contribution is 0.333. The van der Waals surface area contributed by atoms with Crippen LogP contribution in [-0.4, -0.2) is 8.42 Å². The van der Waals surface area contributed by atoms with Gasteiger partial charge in [0.2, 0.25) is 0 Å². The molecule has 0 atom stereocenters. The Labute approximate surface area is 79.3 Å². The van der Waals surface area contributed by atoms with E-state index in [1.807, 2.05) is 5.34 Å². The van der Waals surface area contributed by atoms with Gasteiger partial charge in [-0.05, 0) is 24.3 Å². The van der Waals surface area contributed by atoms with Crippen molar-refractivity contribution in [1.82, 2.24) is 0 Å². The molecule has 0 unspecified atom stereocenters. The third-order valence-electron chi connectivity index (χ3n) is 1.23. The molecule has 0 aromatic heterocycles. The molecule has 5 nitrogen and oxygen atoms in total. The number of hydrogen-bond donors (Lipinski definition) is 0. The molecule has 0 aliphatic rings. The average molecular weight is 222 g/mol. The van der Waals surface area contributed by atoms with Crippen molar-refractivity contribution >= 4 is 21.7 Å². The van der Waals surface area contributed by atoms with Gasteiger partial charge in [-0.3, -0.25) is 0 Å². The van der Waals surface area contributed by atoms with E-state index in [-0.39, 0.29) is 4.90 Å². The molecular weight excluding hydrogens is 218 g/mol. The van der Waals surface area contributed by atoms with Crippen molar-refractivity contribution < 1.29 is 12.7 Å². The number of rotatable bonds is 3. The quantitative estimate of drug-likeness (QED) is 0.576. The van der Waals surface area contributed by atoms with Crippen LogP contribution in [0.5, 0.6) is 0 Å². The normalized spacial score (nSPS) is 10.8. The molecule has 1 aromatic rings. The standard InChI is InChI=1S/C6H4ClNO4S/c7-5-1-3-6(4-2-5)13(10,11)12-8-9/h1-4H. The zero-order valence-corrected chi connectivity index (χ0v) is 7.75. The molecule has 0 saturated heterocycles. The summed E-state index contributed by atoms with van der Waals surface area (Å²) in [6, 6.07) is 5.15. The smallest absolute Gasteiger partial charge is 0.228 e. The molecule has 0 bridgehead atoms. The van der Waals surface area contributed by atoms with E-state index in [9.17, 15) is 13.3 Å². The molecule has 0 fully saturated rings. The molecule has 1 rings (SSSR count). The van der Waals surface area contributed by atoms with Crippen LogP contribution in [0.3, 0.4) is 0 Å². The second-order valence-corrected chi connectivity index (χ2v) is 4.02. The van der Waals surface area contributed by atoms with E-state index in [1.54, 1.807) is 0 Å². The van der Waals surface area contributed by atoms with Crippen molar-refractivity contribution in [2.24, 2.45) is 5.34 Å². The molecule has 7 heteroatoms. The van der Waals surface area contributed by atoms with Gasteiger partial charge < -0.3 is 0 Å². The summed E-state index contributed by atoms with van der Waals surface area (Å²) in [7, 11) is -4.06. The summed E-state index contributed by atoms with van der Waals surface area (Å²) in [5, 5.41) is 2.22. The zero-order valence-electron chi connectivity index (χ0n) is 6.18. The Balaban J connectivity index is 3.08. The van der Waals surface area contributed by atoms with Crippen molar-refractivity contribution in [3.05, 3.63) is 34.2 Å². The van der Waals surface area contributed by atoms with Crippen molar-refractivity contribution in [3.63, 3.8) is 0 Å². The minimum absolute atomic E-state index is 0.170. The van der Waals surface area contributed by atoms with E-state index >= 15 is 0 Å². The Morgan fingerprint density at radius 3 is 2.23 bits per heavy atom. The van der Waals surface area contributed by atoms with Crippen LogP contribution >= 0.6 is 11.6 Å². The molecule has 0 N–H and O–H groups in total. The minimum atomic E-state index is -4.06. The maximum atomic E-state index is 11.0. The predicted molar refractivity (Wildman–Crippen MR) is 45.5 cm³/mol. The fourth-order valence-electron chi connectivity index (χ4n) is 0.684. The fraction of sp³-hybridized carbons (Fsp3) is 0. The summed E-state index contributed by atoms with van der Waals surface area (Å²) in [5.74, 6) is 0. The fourth-order valence-corrected chi connectivity index (χ4v) is 1.45. The third kappa shape index (κ3) is 2.40. The average Bonchev–Trinajstić information content (AvgIpc) is 2.05. The van der Waals surface area contributed by atoms with Gasteiger partial charge >= 0.3 is 10.1 Å². The monoisotopic (exact) mass is 221 g/mol. The SMILES string of the molecule is O=NOS(=O)(=O)c1ccc(Cl)cc1. The van der Waals surface area contributed by atoms with E-state index in [0.29, 0.717) is 5.02 Å². The van der Waals surface area contributed by atoms with E-state index in [2.05, 4.69) is 4.28 Å². The Bertz CT molecular complexity index is 399. The Morgan fingerprint density at radius 2 is 1.77 bits per heavy atom. The summed E-state index contributed by atoms with van der Waals surface area (Å²) < 4.78 is 25.6. The van der Waals surface area contributed by atoms with Crippen molar-refractivity contribution in [3.8, 4) is 0 Å². The lowest BCUT2D eigenvalue weighted by atomic mass is 10.4. The number of halogens is 1. The lowest BCUT2D eigenvalue weighted by Crippen LogP contribution is -2.01. The van der Waals surface area contributed by atoms with Crippen molar-refractivity contribution in [2.45, 2.75) is 4.90 Å². The van der Waals surface area contributed by atoms with Crippen LogP contribution in [0.15, 0.2) is 34.5 Å². The van der Waals surface area contributed by atoms with Gasteiger partial charge in [-0.25, -0.2) is 4.28 Å². The van der Waals surface area contributed by atoms with Gasteiger partial charge in [0, 0.05) is 5.02 Å². The second kappa shape index (κ2) is 3.71. The first kappa shape index (κ1) is 9.94. The Morgan fingerprint density at radius 1 is 1.23 bits per heavy atom. The van der Waals surface area contributed by atoms with Crippen molar-refractivity contribution in [1.29, 1.82) is 0 Å². The molecule has 70 valence electrons. The summed E-state index contributed by atoms with van der Waals surface area (Å²) >= 11 is 5.52. The molecule has 0 heterocycles. The number of benzene rings is 1. The van der Waals surface area contributed by atoms with E-state index in [4.69, 9.17) is 11.6 Å². The highest BCUT2D eigenvalue weighted by molar-refractivity contribution is 7.86. The molecule has 13 heavy (non-hydrogen) atoms. The summed E-state index contributed by atoms with van der Waals surface area (Å²) in [6.07, 6.45) is 0. The molecule has 0 amide bonds. The largest absolute Gasteiger partial charge is 0.361 e. The number of hydrogen-bond acceptors (Lipinski definition) is 5. The maximum absolute atomic E-state index is 11.0. The predicted octanol–water partition coefficient (Wildman–Crippen LogP) is 1.73. The zero-order chi connectivity index (χ0) is 9.90. The second-order valence-electron chi connectivity index (χ2n) is 2.06. The molecule has 0 aliphatic heterocycles. The van der Waals surface area contributed by atoms with Crippen LogP contribution in [0.25, 0.3) is 0 Å². The summed E-state index contributed by atoms with van der Waals surface area (Å²) in [4.78, 5) is 9.41. The third-order valence-corrected chi connectivity index (χ3v) is 2.59. The topological polar surface area (TPSA) is 72.8 Å². The van der Waals surface area contributed by atoms with Gasteiger partial charge in [0.25, 0.3) is 0 Å². The van der Waals surface area contributed by atoms with Crippen molar-refractivity contribution in [2.75, 3.05) is 0 Å². The molecular formula is C6H4ClNO4S. The number of nitrogens with zero attached hydrogens (tertiary/aromatic N) is 1. The van der Waals surface area contributed by atoms with Gasteiger partial charge in [-0.1, -0.05) is 11.6 Å². The maximum Gasteiger partial charge on any atom is 0.361 e. The molecule has 0 saturated carbocycles. The first-order valence-corrected chi connectivity index (χ1v) is 4.87. The van der Waals surface area contributed by atoms with Gasteiger partial charge in [0.05, 0.1) is 0 Å². The van der Waals surface area contributed by atoms with Crippen LogP contribution < -0.4 is 0 Å². The van der Waals surface area contributed by atoms with Gasteiger partial charge in [-0.2, -0.15) is 8.42 Å². The van der Waals surface area contributed by atoms with E-state index in [1.165, 1.54) is 24.3 Å². The highest BCUT2D eigenvalue weighted by Crippen LogP contribution is 2.15. The highest BCUT2D eigenvalue weighted by atomic mass is 35.5. The first-order chi connectivity index (χ1) is 6.06. The lowest BCUT2D eigenvalue weighted by Gasteiger charge is -1.97. The van der Waals surface area contributed by atoms with Crippen LogP contribution in [0, 0.1) is 4.91 Å². The highest BCUT2D eigenvalue weighted by Gasteiger charge is 2.15. The summed E-state index contributed by atoms with van der Waals surface area (Å²) in [6.45, 7) is 0. The first-order valence-electron chi connectivity index (χ1n) is 3.08. The molecule has 1 aromatic carbocycles. The molecule has 0 aliphatic carbocycles. The molecule has 0 spiro atoms. The van der Waals surface area contributed by atoms with E-state index in [0.717, 1.165) is 0 Å². The van der Waals surface area contributed by atoms with Gasteiger partial charge in [0.15, 0.2) is 5.34 Å².